The summed E-state index contributed by atoms with van der Waals surface area (Å²) in [6, 6.07) is 1.79. The van der Waals surface area contributed by atoms with Crippen molar-refractivity contribution in [3.8, 4) is 11.5 Å². The van der Waals surface area contributed by atoms with E-state index in [2.05, 4.69) is 25.4 Å². The highest BCUT2D eigenvalue weighted by Gasteiger charge is 2.17. The number of imidazole rings is 1. The fourth-order valence-corrected chi connectivity index (χ4v) is 2.35. The maximum absolute atomic E-state index is 4.84. The van der Waals surface area contributed by atoms with Crippen LogP contribution >= 0.6 is 0 Å². The second-order valence-electron chi connectivity index (χ2n) is 4.35. The number of aromatic nitrogens is 4. The van der Waals surface area contributed by atoms with Gasteiger partial charge in [-0.05, 0) is 12.8 Å². The van der Waals surface area contributed by atoms with Crippen molar-refractivity contribution in [1.29, 1.82) is 0 Å². The predicted octanol–water partition coefficient (Wildman–Crippen LogP) is 1.97. The number of nitrogens with one attached hydrogen (secondary N) is 2. The number of hydrogen-bond donors (Lipinski definition) is 2. The minimum atomic E-state index is 0.712. The molecule has 3 aromatic rings. The molecule has 2 N–H and O–H groups in total. The van der Waals surface area contributed by atoms with Crippen LogP contribution in [0.5, 0.6) is 0 Å². The van der Waals surface area contributed by atoms with Crippen LogP contribution in [0.15, 0.2) is 23.0 Å². The van der Waals surface area contributed by atoms with Crippen molar-refractivity contribution in [2.24, 2.45) is 0 Å². The number of fused-ring (bicyclic) bond motifs is 3. The van der Waals surface area contributed by atoms with Gasteiger partial charge in [-0.1, -0.05) is 5.16 Å². The first kappa shape index (κ1) is 9.64. The van der Waals surface area contributed by atoms with Gasteiger partial charge in [0.1, 0.15) is 17.8 Å². The van der Waals surface area contributed by atoms with E-state index in [9.17, 15) is 0 Å². The van der Waals surface area contributed by atoms with Crippen molar-refractivity contribution < 1.29 is 4.52 Å². The van der Waals surface area contributed by atoms with Crippen LogP contribution in [0.25, 0.3) is 22.6 Å². The Morgan fingerprint density at radius 1 is 1.33 bits per heavy atom. The number of H-pyrrole nitrogens is 1. The van der Waals surface area contributed by atoms with Crippen molar-refractivity contribution in [1.82, 2.24) is 20.1 Å². The number of hydrogen-bond acceptors (Lipinski definition) is 5. The van der Waals surface area contributed by atoms with E-state index in [1.165, 1.54) is 11.8 Å². The smallest absolute Gasteiger partial charge is 0.160 e. The SMILES string of the molecule is c1cc(-c2nc3c4c(ncc3[nH]2)NCCC4)no1. The third-order valence-corrected chi connectivity index (χ3v) is 3.20. The minimum absolute atomic E-state index is 0.712. The van der Waals surface area contributed by atoms with Gasteiger partial charge in [-0.15, -0.1) is 0 Å². The van der Waals surface area contributed by atoms with Crippen molar-refractivity contribution >= 4 is 16.9 Å². The first-order valence-corrected chi connectivity index (χ1v) is 5.94. The lowest BCUT2D eigenvalue weighted by molar-refractivity contribution is 0.422. The standard InChI is InChI=1S/C12H11N5O/c1-2-7-10-9(6-14-11(7)13-4-1)15-12(16-10)8-3-5-18-17-8/h3,5-6H,1-2,4H2,(H,13,14)(H,15,16). The molecule has 0 fully saturated rings. The summed E-state index contributed by atoms with van der Waals surface area (Å²) in [5, 5.41) is 7.19. The molecule has 90 valence electrons. The molecule has 6 nitrogen and oxygen atoms in total. The molecule has 0 atom stereocenters. The van der Waals surface area contributed by atoms with E-state index < -0.39 is 0 Å². The molecule has 4 heterocycles. The molecule has 0 amide bonds. The lowest BCUT2D eigenvalue weighted by Gasteiger charge is -2.16. The van der Waals surface area contributed by atoms with E-state index in [4.69, 9.17) is 4.52 Å². The minimum Gasteiger partial charge on any atom is -0.370 e. The van der Waals surface area contributed by atoms with E-state index in [0.717, 1.165) is 42.1 Å². The predicted molar refractivity (Wildman–Crippen MR) is 66.2 cm³/mol. The van der Waals surface area contributed by atoms with Crippen molar-refractivity contribution in [3.63, 3.8) is 0 Å². The second-order valence-corrected chi connectivity index (χ2v) is 4.35. The summed E-state index contributed by atoms with van der Waals surface area (Å²) in [5.41, 5.74) is 3.81. The Bertz CT molecular complexity index is 701. The molecule has 4 rings (SSSR count). The van der Waals surface area contributed by atoms with Crippen LogP contribution in [0.2, 0.25) is 0 Å². The van der Waals surface area contributed by atoms with Crippen LogP contribution in [0, 0.1) is 0 Å². The van der Waals surface area contributed by atoms with Gasteiger partial charge in [-0.25, -0.2) is 9.97 Å². The molecule has 18 heavy (non-hydrogen) atoms. The molecular formula is C12H11N5O. The highest BCUT2D eigenvalue weighted by molar-refractivity contribution is 5.85. The normalized spacial score (nSPS) is 14.4. The van der Waals surface area contributed by atoms with Gasteiger partial charge >= 0.3 is 0 Å². The zero-order valence-electron chi connectivity index (χ0n) is 9.60. The van der Waals surface area contributed by atoms with Gasteiger partial charge in [0.05, 0.1) is 17.2 Å². The molecule has 0 bridgehead atoms. The number of anilines is 1. The maximum Gasteiger partial charge on any atom is 0.160 e. The van der Waals surface area contributed by atoms with E-state index >= 15 is 0 Å². The highest BCUT2D eigenvalue weighted by Crippen LogP contribution is 2.28. The molecule has 1 aliphatic rings. The van der Waals surface area contributed by atoms with Crippen LogP contribution in [-0.4, -0.2) is 26.7 Å². The summed E-state index contributed by atoms with van der Waals surface area (Å²) in [5.74, 6) is 1.67. The molecule has 0 unspecified atom stereocenters. The fraction of sp³-hybridized carbons (Fsp3) is 0.250. The molecule has 0 saturated carbocycles. The van der Waals surface area contributed by atoms with E-state index in [-0.39, 0.29) is 0 Å². The molecule has 6 heteroatoms. The van der Waals surface area contributed by atoms with Crippen LogP contribution in [0.1, 0.15) is 12.0 Å². The van der Waals surface area contributed by atoms with Gasteiger partial charge in [0, 0.05) is 18.2 Å². The zero-order valence-corrected chi connectivity index (χ0v) is 9.60. The van der Waals surface area contributed by atoms with Crippen molar-refractivity contribution in [2.45, 2.75) is 12.8 Å². The third-order valence-electron chi connectivity index (χ3n) is 3.20. The number of rotatable bonds is 1. The Labute approximate surface area is 102 Å². The summed E-state index contributed by atoms with van der Waals surface area (Å²) in [6.07, 6.45) is 5.47. The molecule has 0 saturated heterocycles. The Hall–Kier alpha value is -2.37. The summed E-state index contributed by atoms with van der Waals surface area (Å²) in [4.78, 5) is 12.3. The second kappa shape index (κ2) is 3.56. The molecule has 0 aliphatic carbocycles. The molecule has 0 radical (unpaired) electrons. The maximum atomic E-state index is 4.84. The highest BCUT2D eigenvalue weighted by atomic mass is 16.5. The van der Waals surface area contributed by atoms with Crippen LogP contribution in [0.4, 0.5) is 5.82 Å². The van der Waals surface area contributed by atoms with E-state index in [0.29, 0.717) is 5.69 Å². The van der Waals surface area contributed by atoms with Gasteiger partial charge in [0.15, 0.2) is 5.82 Å². The average molecular weight is 241 g/mol. The first-order valence-electron chi connectivity index (χ1n) is 5.94. The number of aryl methyl sites for hydroxylation is 1. The lowest BCUT2D eigenvalue weighted by Crippen LogP contribution is -2.13. The quantitative estimate of drug-likeness (QED) is 0.680. The average Bonchev–Trinajstić information content (AvgIpc) is 3.07. The van der Waals surface area contributed by atoms with E-state index in [1.54, 1.807) is 6.07 Å². The Morgan fingerprint density at radius 2 is 2.33 bits per heavy atom. The summed E-state index contributed by atoms with van der Waals surface area (Å²) in [6.45, 7) is 0.978. The topological polar surface area (TPSA) is 79.6 Å². The van der Waals surface area contributed by atoms with Crippen LogP contribution < -0.4 is 5.32 Å². The number of pyridine rings is 1. The van der Waals surface area contributed by atoms with Gasteiger partial charge in [0.2, 0.25) is 0 Å². The zero-order chi connectivity index (χ0) is 11.9. The first-order chi connectivity index (χ1) is 8.92. The van der Waals surface area contributed by atoms with Crippen molar-refractivity contribution in [2.75, 3.05) is 11.9 Å². The summed E-state index contributed by atoms with van der Waals surface area (Å²) in [7, 11) is 0. The largest absolute Gasteiger partial charge is 0.370 e. The Morgan fingerprint density at radius 3 is 3.22 bits per heavy atom. The van der Waals surface area contributed by atoms with Crippen molar-refractivity contribution in [3.05, 3.63) is 24.1 Å². The number of nitrogens with zero attached hydrogens (tertiary/aromatic N) is 3. The van der Waals surface area contributed by atoms with Gasteiger partial charge in [-0.3, -0.25) is 0 Å². The molecule has 3 aromatic heterocycles. The molecule has 1 aliphatic heterocycles. The Balaban J connectivity index is 1.95. The van der Waals surface area contributed by atoms with Gasteiger partial charge in [-0.2, -0.15) is 0 Å². The third kappa shape index (κ3) is 1.32. The molecular weight excluding hydrogens is 230 g/mol. The molecule has 0 spiro atoms. The van der Waals surface area contributed by atoms with Gasteiger partial charge < -0.3 is 14.8 Å². The number of aromatic amines is 1. The fourth-order valence-electron chi connectivity index (χ4n) is 2.35. The molecule has 0 aromatic carbocycles. The van der Waals surface area contributed by atoms with Crippen LogP contribution in [-0.2, 0) is 6.42 Å². The lowest BCUT2D eigenvalue weighted by atomic mass is 10.1. The Kier molecular flexibility index (Phi) is 1.91. The monoisotopic (exact) mass is 241 g/mol. The van der Waals surface area contributed by atoms with E-state index in [1.807, 2.05) is 6.20 Å². The summed E-state index contributed by atoms with van der Waals surface area (Å²) < 4.78 is 4.84. The van der Waals surface area contributed by atoms with Gasteiger partial charge in [0.25, 0.3) is 0 Å². The van der Waals surface area contributed by atoms with Crippen LogP contribution in [0.3, 0.4) is 0 Å². The summed E-state index contributed by atoms with van der Waals surface area (Å²) >= 11 is 0.